The van der Waals surface area contributed by atoms with Crippen LogP contribution in [0.15, 0.2) is 24.3 Å². The zero-order chi connectivity index (χ0) is 14.3. The van der Waals surface area contributed by atoms with E-state index in [1.54, 1.807) is 0 Å². The zero-order valence-corrected chi connectivity index (χ0v) is 12.3. The maximum absolute atomic E-state index is 11.9. The van der Waals surface area contributed by atoms with Gasteiger partial charge in [0, 0.05) is 18.2 Å². The van der Waals surface area contributed by atoms with Gasteiger partial charge in [-0.25, -0.2) is 0 Å². The van der Waals surface area contributed by atoms with Crippen molar-refractivity contribution in [3.8, 4) is 0 Å². The molecule has 0 bridgehead atoms. The number of amides is 1. The second kappa shape index (κ2) is 7.82. The highest BCUT2D eigenvalue weighted by atomic mass is 16.1. The number of anilines is 1. The number of carbonyl (C=O) groups is 1. The largest absolute Gasteiger partial charge is 0.399 e. The maximum Gasteiger partial charge on any atom is 0.220 e. The summed E-state index contributed by atoms with van der Waals surface area (Å²) < 4.78 is 0. The first-order valence-corrected chi connectivity index (χ1v) is 7.17. The number of nitrogen functional groups attached to an aromatic ring is 1. The molecule has 0 heterocycles. The number of unbranched alkanes of at least 4 members (excludes halogenated alkanes) is 1. The van der Waals surface area contributed by atoms with Crippen LogP contribution in [0.25, 0.3) is 0 Å². The highest BCUT2D eigenvalue weighted by molar-refractivity contribution is 5.77. The fourth-order valence-corrected chi connectivity index (χ4v) is 2.14. The van der Waals surface area contributed by atoms with Crippen molar-refractivity contribution in [3.63, 3.8) is 0 Å². The van der Waals surface area contributed by atoms with Crippen LogP contribution in [0, 0.1) is 0 Å². The van der Waals surface area contributed by atoms with Crippen LogP contribution in [0.3, 0.4) is 0 Å². The summed E-state index contributed by atoms with van der Waals surface area (Å²) in [7, 11) is 0. The van der Waals surface area contributed by atoms with Crippen LogP contribution in [0.4, 0.5) is 5.69 Å². The van der Waals surface area contributed by atoms with E-state index < -0.39 is 0 Å². The van der Waals surface area contributed by atoms with Crippen molar-refractivity contribution in [1.29, 1.82) is 0 Å². The number of hydrogen-bond acceptors (Lipinski definition) is 2. The molecule has 19 heavy (non-hydrogen) atoms. The molecule has 3 N–H and O–H groups in total. The summed E-state index contributed by atoms with van der Waals surface area (Å²) in [6.45, 7) is 6.31. The molecule has 2 unspecified atom stereocenters. The highest BCUT2D eigenvalue weighted by Crippen LogP contribution is 2.20. The second-order valence-electron chi connectivity index (χ2n) is 5.38. The van der Waals surface area contributed by atoms with Crippen LogP contribution in [-0.2, 0) is 4.79 Å². The fourth-order valence-electron chi connectivity index (χ4n) is 2.14. The first-order chi connectivity index (χ1) is 9.02. The fraction of sp³-hybridized carbons (Fsp3) is 0.562. The first-order valence-electron chi connectivity index (χ1n) is 7.17. The van der Waals surface area contributed by atoms with E-state index in [0.717, 1.165) is 24.1 Å². The van der Waals surface area contributed by atoms with Gasteiger partial charge in [0.15, 0.2) is 0 Å². The van der Waals surface area contributed by atoms with E-state index in [-0.39, 0.29) is 17.9 Å². The smallest absolute Gasteiger partial charge is 0.220 e. The van der Waals surface area contributed by atoms with E-state index in [1.165, 1.54) is 6.42 Å². The highest BCUT2D eigenvalue weighted by Gasteiger charge is 2.13. The van der Waals surface area contributed by atoms with Gasteiger partial charge < -0.3 is 11.1 Å². The van der Waals surface area contributed by atoms with E-state index in [1.807, 2.05) is 24.3 Å². The maximum atomic E-state index is 11.9. The molecular formula is C16H26N2O. The zero-order valence-electron chi connectivity index (χ0n) is 12.3. The summed E-state index contributed by atoms with van der Waals surface area (Å²) in [4.78, 5) is 11.9. The van der Waals surface area contributed by atoms with Gasteiger partial charge in [-0.2, -0.15) is 0 Å². The van der Waals surface area contributed by atoms with Crippen molar-refractivity contribution in [2.45, 2.75) is 58.4 Å². The minimum atomic E-state index is 0.132. The average molecular weight is 262 g/mol. The Labute approximate surface area is 116 Å². The molecule has 0 fully saturated rings. The third-order valence-electron chi connectivity index (χ3n) is 3.40. The monoisotopic (exact) mass is 262 g/mol. The second-order valence-corrected chi connectivity index (χ2v) is 5.38. The predicted octanol–water partition coefficient (Wildman–Crippen LogP) is 3.46. The summed E-state index contributed by atoms with van der Waals surface area (Å²) >= 11 is 0. The van der Waals surface area contributed by atoms with E-state index in [2.05, 4.69) is 26.1 Å². The predicted molar refractivity (Wildman–Crippen MR) is 81.0 cm³/mol. The van der Waals surface area contributed by atoms with Crippen molar-refractivity contribution >= 4 is 11.6 Å². The Morgan fingerprint density at radius 2 is 1.89 bits per heavy atom. The SMILES string of the molecule is CCCCC(C)NC(=O)CC(C)c1ccc(N)cc1. The first kappa shape index (κ1) is 15.5. The summed E-state index contributed by atoms with van der Waals surface area (Å²) in [6, 6.07) is 8.02. The van der Waals surface area contributed by atoms with Gasteiger partial charge in [0.2, 0.25) is 5.91 Å². The van der Waals surface area contributed by atoms with Crippen LogP contribution in [0.2, 0.25) is 0 Å². The third-order valence-corrected chi connectivity index (χ3v) is 3.40. The van der Waals surface area contributed by atoms with Crippen molar-refractivity contribution in [2.75, 3.05) is 5.73 Å². The van der Waals surface area contributed by atoms with Crippen molar-refractivity contribution in [2.24, 2.45) is 0 Å². The summed E-state index contributed by atoms with van der Waals surface area (Å²) in [5.74, 6) is 0.354. The Morgan fingerprint density at radius 1 is 1.26 bits per heavy atom. The molecule has 0 aromatic heterocycles. The number of benzene rings is 1. The quantitative estimate of drug-likeness (QED) is 0.739. The molecule has 0 spiro atoms. The summed E-state index contributed by atoms with van der Waals surface area (Å²) in [6.07, 6.45) is 3.91. The third kappa shape index (κ3) is 5.77. The van der Waals surface area contributed by atoms with Gasteiger partial charge in [-0.3, -0.25) is 4.79 Å². The molecule has 0 saturated carbocycles. The van der Waals surface area contributed by atoms with Crippen LogP contribution in [-0.4, -0.2) is 11.9 Å². The Hall–Kier alpha value is -1.51. The Bertz CT molecular complexity index is 386. The summed E-state index contributed by atoms with van der Waals surface area (Å²) in [5, 5.41) is 3.06. The Morgan fingerprint density at radius 3 is 2.47 bits per heavy atom. The molecule has 106 valence electrons. The average Bonchev–Trinajstić information content (AvgIpc) is 2.36. The molecule has 1 amide bonds. The number of carbonyl (C=O) groups excluding carboxylic acids is 1. The van der Waals surface area contributed by atoms with Crippen molar-refractivity contribution in [3.05, 3.63) is 29.8 Å². The number of nitrogens with one attached hydrogen (secondary N) is 1. The molecule has 1 aromatic carbocycles. The lowest BCUT2D eigenvalue weighted by molar-refractivity contribution is -0.122. The molecular weight excluding hydrogens is 236 g/mol. The van der Waals surface area contributed by atoms with E-state index >= 15 is 0 Å². The lowest BCUT2D eigenvalue weighted by atomic mass is 9.97. The molecule has 0 aliphatic carbocycles. The van der Waals surface area contributed by atoms with Gasteiger partial charge in [0.25, 0.3) is 0 Å². The van der Waals surface area contributed by atoms with Gasteiger partial charge in [-0.1, -0.05) is 38.8 Å². The Kier molecular flexibility index (Phi) is 6.40. The van der Waals surface area contributed by atoms with E-state index in [9.17, 15) is 4.79 Å². The molecule has 0 aliphatic rings. The minimum Gasteiger partial charge on any atom is -0.399 e. The topological polar surface area (TPSA) is 55.1 Å². The molecule has 1 rings (SSSR count). The van der Waals surface area contributed by atoms with Gasteiger partial charge in [-0.05, 0) is 37.0 Å². The van der Waals surface area contributed by atoms with Gasteiger partial charge in [0.1, 0.15) is 0 Å². The number of hydrogen-bond donors (Lipinski definition) is 2. The van der Waals surface area contributed by atoms with Crippen LogP contribution >= 0.6 is 0 Å². The van der Waals surface area contributed by atoms with Crippen molar-refractivity contribution in [1.82, 2.24) is 5.32 Å². The number of nitrogens with two attached hydrogens (primary N) is 1. The molecule has 1 aromatic rings. The number of rotatable bonds is 7. The van der Waals surface area contributed by atoms with Crippen LogP contribution in [0.1, 0.15) is 57.9 Å². The molecule has 3 heteroatoms. The van der Waals surface area contributed by atoms with E-state index in [4.69, 9.17) is 5.73 Å². The summed E-state index contributed by atoms with van der Waals surface area (Å²) in [5.41, 5.74) is 7.58. The normalized spacial score (nSPS) is 13.8. The van der Waals surface area contributed by atoms with Gasteiger partial charge in [-0.15, -0.1) is 0 Å². The standard InChI is InChI=1S/C16H26N2O/c1-4-5-6-13(3)18-16(19)11-12(2)14-7-9-15(17)10-8-14/h7-10,12-13H,4-6,11,17H2,1-3H3,(H,18,19). The molecule has 0 saturated heterocycles. The molecule has 0 radical (unpaired) electrons. The van der Waals surface area contributed by atoms with Gasteiger partial charge >= 0.3 is 0 Å². The molecule has 2 atom stereocenters. The minimum absolute atomic E-state index is 0.132. The molecule has 3 nitrogen and oxygen atoms in total. The van der Waals surface area contributed by atoms with Crippen LogP contribution in [0.5, 0.6) is 0 Å². The van der Waals surface area contributed by atoms with E-state index in [0.29, 0.717) is 6.42 Å². The van der Waals surface area contributed by atoms with Gasteiger partial charge in [0.05, 0.1) is 0 Å². The van der Waals surface area contributed by atoms with Crippen LogP contribution < -0.4 is 11.1 Å². The van der Waals surface area contributed by atoms with Crippen molar-refractivity contribution < 1.29 is 4.79 Å². The lowest BCUT2D eigenvalue weighted by Crippen LogP contribution is -2.33. The Balaban J connectivity index is 2.41. The molecule has 0 aliphatic heterocycles. The lowest BCUT2D eigenvalue weighted by Gasteiger charge is -2.16.